The second-order valence-electron chi connectivity index (χ2n) is 7.10. The van der Waals surface area contributed by atoms with Gasteiger partial charge in [-0.1, -0.05) is 20.8 Å². The van der Waals surface area contributed by atoms with Gasteiger partial charge in [0.05, 0.1) is 6.61 Å². The van der Waals surface area contributed by atoms with Crippen molar-refractivity contribution in [1.82, 2.24) is 9.80 Å². The summed E-state index contributed by atoms with van der Waals surface area (Å²) >= 11 is 0. The number of carbonyl (C=O) groups excluding carboxylic acids is 1. The maximum Gasteiger partial charge on any atom is 0.280 e. The summed E-state index contributed by atoms with van der Waals surface area (Å²) in [5.74, 6) is 0.402. The molecule has 2 saturated heterocycles. The molecule has 2 fully saturated rings. The average Bonchev–Trinajstić information content (AvgIpc) is 2.98. The SMILES string of the molecule is CC(C)(C)CC(=O)N1CCN(CC2CCOC2)C1=N[N+](=O)[O-]. The van der Waals surface area contributed by atoms with E-state index in [1.54, 1.807) is 0 Å². The number of carbonyl (C=O) groups is 1. The average molecular weight is 312 g/mol. The molecule has 8 nitrogen and oxygen atoms in total. The van der Waals surface area contributed by atoms with Crippen molar-refractivity contribution < 1.29 is 14.6 Å². The van der Waals surface area contributed by atoms with Gasteiger partial charge in [-0.15, -0.1) is 0 Å². The Morgan fingerprint density at radius 3 is 2.73 bits per heavy atom. The maximum atomic E-state index is 12.4. The predicted molar refractivity (Wildman–Crippen MR) is 80.7 cm³/mol. The van der Waals surface area contributed by atoms with Crippen LogP contribution in [0.2, 0.25) is 0 Å². The van der Waals surface area contributed by atoms with Crippen LogP contribution >= 0.6 is 0 Å². The van der Waals surface area contributed by atoms with Crippen molar-refractivity contribution in [2.45, 2.75) is 33.6 Å². The second-order valence-corrected chi connectivity index (χ2v) is 7.10. The van der Waals surface area contributed by atoms with Gasteiger partial charge in [0.2, 0.25) is 5.91 Å². The van der Waals surface area contributed by atoms with E-state index < -0.39 is 5.03 Å². The first-order chi connectivity index (χ1) is 10.3. The smallest absolute Gasteiger partial charge is 0.280 e. The number of nitrogens with zero attached hydrogens (tertiary/aromatic N) is 4. The first-order valence-corrected chi connectivity index (χ1v) is 7.62. The topological polar surface area (TPSA) is 88.3 Å². The molecule has 8 heteroatoms. The first-order valence-electron chi connectivity index (χ1n) is 7.62. The highest BCUT2D eigenvalue weighted by Crippen LogP contribution is 2.23. The summed E-state index contributed by atoms with van der Waals surface area (Å²) in [6, 6.07) is 0. The third-order valence-corrected chi connectivity index (χ3v) is 3.77. The quantitative estimate of drug-likeness (QED) is 0.574. The van der Waals surface area contributed by atoms with Crippen molar-refractivity contribution in [2.75, 3.05) is 32.8 Å². The van der Waals surface area contributed by atoms with Crippen molar-refractivity contribution in [3.05, 3.63) is 10.1 Å². The molecule has 0 aromatic heterocycles. The zero-order chi connectivity index (χ0) is 16.3. The lowest BCUT2D eigenvalue weighted by molar-refractivity contribution is -0.486. The van der Waals surface area contributed by atoms with E-state index in [1.807, 2.05) is 25.7 Å². The number of guanidine groups is 1. The Balaban J connectivity index is 2.10. The van der Waals surface area contributed by atoms with Crippen molar-refractivity contribution in [2.24, 2.45) is 16.4 Å². The summed E-state index contributed by atoms with van der Waals surface area (Å²) < 4.78 is 5.34. The lowest BCUT2D eigenvalue weighted by Gasteiger charge is -2.24. The summed E-state index contributed by atoms with van der Waals surface area (Å²) in [6.07, 6.45) is 1.28. The number of nitro groups is 1. The molecule has 0 saturated carbocycles. The molecule has 0 aromatic rings. The number of hydrogen-bond acceptors (Lipinski definition) is 4. The molecule has 124 valence electrons. The van der Waals surface area contributed by atoms with Gasteiger partial charge in [-0.05, 0) is 11.8 Å². The highest BCUT2D eigenvalue weighted by atomic mass is 16.7. The van der Waals surface area contributed by atoms with Gasteiger partial charge >= 0.3 is 0 Å². The van der Waals surface area contributed by atoms with Gasteiger partial charge in [0.15, 0.2) is 5.03 Å². The second kappa shape index (κ2) is 6.60. The van der Waals surface area contributed by atoms with Gasteiger partial charge in [0.25, 0.3) is 5.96 Å². The van der Waals surface area contributed by atoms with E-state index in [2.05, 4.69) is 5.10 Å². The van der Waals surface area contributed by atoms with Crippen LogP contribution < -0.4 is 0 Å². The number of hydrogen-bond donors (Lipinski definition) is 0. The van der Waals surface area contributed by atoms with Gasteiger partial charge in [-0.3, -0.25) is 9.69 Å². The molecule has 2 rings (SSSR count). The Bertz CT molecular complexity index is 466. The fourth-order valence-corrected chi connectivity index (χ4v) is 2.78. The van der Waals surface area contributed by atoms with Crippen LogP contribution in [0, 0.1) is 21.4 Å². The van der Waals surface area contributed by atoms with Crippen LogP contribution in [0.25, 0.3) is 0 Å². The number of rotatable bonds is 4. The summed E-state index contributed by atoms with van der Waals surface area (Å²) in [7, 11) is 0. The Hall–Kier alpha value is -1.70. The van der Waals surface area contributed by atoms with E-state index in [4.69, 9.17) is 4.74 Å². The molecular weight excluding hydrogens is 288 g/mol. The van der Waals surface area contributed by atoms with E-state index >= 15 is 0 Å². The minimum Gasteiger partial charge on any atom is -0.381 e. The van der Waals surface area contributed by atoms with E-state index in [9.17, 15) is 14.9 Å². The molecule has 1 atom stereocenters. The van der Waals surface area contributed by atoms with Crippen LogP contribution in [0.3, 0.4) is 0 Å². The molecule has 1 unspecified atom stereocenters. The van der Waals surface area contributed by atoms with Crippen LogP contribution in [0.1, 0.15) is 33.6 Å². The van der Waals surface area contributed by atoms with Crippen molar-refractivity contribution in [3.8, 4) is 0 Å². The Morgan fingerprint density at radius 1 is 1.45 bits per heavy atom. The lowest BCUT2D eigenvalue weighted by Crippen LogP contribution is -2.41. The van der Waals surface area contributed by atoms with Gasteiger partial charge < -0.3 is 9.64 Å². The lowest BCUT2D eigenvalue weighted by atomic mass is 9.92. The van der Waals surface area contributed by atoms with Crippen LogP contribution in [-0.2, 0) is 9.53 Å². The van der Waals surface area contributed by atoms with Crippen molar-refractivity contribution >= 4 is 11.9 Å². The molecule has 2 aliphatic heterocycles. The molecule has 1 amide bonds. The fourth-order valence-electron chi connectivity index (χ4n) is 2.78. The summed E-state index contributed by atoms with van der Waals surface area (Å²) in [6.45, 7) is 8.99. The van der Waals surface area contributed by atoms with Gasteiger partial charge in [-0.2, -0.15) is 0 Å². The van der Waals surface area contributed by atoms with E-state index in [0.717, 1.165) is 13.0 Å². The molecular formula is C14H24N4O4. The monoisotopic (exact) mass is 312 g/mol. The molecule has 2 aliphatic rings. The minimum absolute atomic E-state index is 0.113. The molecule has 2 heterocycles. The van der Waals surface area contributed by atoms with Crippen LogP contribution in [-0.4, -0.2) is 59.5 Å². The Morgan fingerprint density at radius 2 is 2.18 bits per heavy atom. The first kappa shape index (κ1) is 16.7. The van der Waals surface area contributed by atoms with E-state index in [-0.39, 0.29) is 17.3 Å². The number of ether oxygens (including phenoxy) is 1. The van der Waals surface area contributed by atoms with Crippen LogP contribution in [0.15, 0.2) is 5.10 Å². The van der Waals surface area contributed by atoms with Crippen molar-refractivity contribution in [1.29, 1.82) is 0 Å². The zero-order valence-corrected chi connectivity index (χ0v) is 13.4. The molecule has 0 aromatic carbocycles. The van der Waals surface area contributed by atoms with E-state index in [0.29, 0.717) is 38.6 Å². The third kappa shape index (κ3) is 4.40. The fraction of sp³-hybridized carbons (Fsp3) is 0.857. The summed E-state index contributed by atoms with van der Waals surface area (Å²) in [5, 5.41) is 13.6. The highest BCUT2D eigenvalue weighted by molar-refractivity contribution is 5.98. The standard InChI is InChI=1S/C14H24N4O4/c1-14(2,3)8-12(19)17-6-5-16(13(17)15-18(20)21)9-11-4-7-22-10-11/h11H,4-10H2,1-3H3. The van der Waals surface area contributed by atoms with Gasteiger partial charge in [-0.25, -0.2) is 10.1 Å². The predicted octanol–water partition coefficient (Wildman–Crippen LogP) is 1.15. The van der Waals surface area contributed by atoms with Gasteiger partial charge in [0, 0.05) is 38.6 Å². The summed E-state index contributed by atoms with van der Waals surface area (Å²) in [5.41, 5.74) is -0.163. The minimum atomic E-state index is -0.726. The Labute approximate surface area is 130 Å². The largest absolute Gasteiger partial charge is 0.381 e. The Kier molecular flexibility index (Phi) is 5.00. The van der Waals surface area contributed by atoms with Gasteiger partial charge in [0.1, 0.15) is 5.10 Å². The molecule has 0 spiro atoms. The molecule has 0 N–H and O–H groups in total. The third-order valence-electron chi connectivity index (χ3n) is 3.77. The molecule has 0 radical (unpaired) electrons. The van der Waals surface area contributed by atoms with Crippen LogP contribution in [0.5, 0.6) is 0 Å². The highest BCUT2D eigenvalue weighted by Gasteiger charge is 2.36. The zero-order valence-electron chi connectivity index (χ0n) is 13.4. The molecule has 0 bridgehead atoms. The number of amides is 1. The normalized spacial score (nSPS) is 24.3. The van der Waals surface area contributed by atoms with E-state index in [1.165, 1.54) is 4.90 Å². The number of hydrazone groups is 1. The summed E-state index contributed by atoms with van der Waals surface area (Å²) in [4.78, 5) is 26.5. The van der Waals surface area contributed by atoms with Crippen LogP contribution in [0.4, 0.5) is 0 Å². The van der Waals surface area contributed by atoms with Crippen molar-refractivity contribution in [3.63, 3.8) is 0 Å². The maximum absolute atomic E-state index is 12.4. The molecule has 0 aliphatic carbocycles. The molecule has 22 heavy (non-hydrogen) atoms.